The van der Waals surface area contributed by atoms with Gasteiger partial charge in [-0.2, -0.15) is 0 Å². The molecule has 0 spiro atoms. The zero-order chi connectivity index (χ0) is 22.8. The smallest absolute Gasteiger partial charge is 0.199 e. The first-order chi connectivity index (χ1) is 14.6. The van der Waals surface area contributed by atoms with E-state index in [1.807, 2.05) is 86.2 Å². The standard InChI is InChI=1S/C24H26N2O4S/c1-25(2)20-11-6-17(7-12-20)24(18-8-13-21(14-9-18)26(3)4)19-10-15-22(30-5)23(16-19)31(27,28)29/h6-16H,1-5H3. The Labute approximate surface area is 183 Å². The molecule has 2 aromatic carbocycles. The van der Waals surface area contributed by atoms with Gasteiger partial charge in [-0.1, -0.05) is 18.2 Å². The van der Waals surface area contributed by atoms with Gasteiger partial charge < -0.3 is 14.2 Å². The van der Waals surface area contributed by atoms with Gasteiger partial charge in [-0.3, -0.25) is 0 Å². The SMILES string of the molecule is COc1ccc(C(=C2C=CC(=[N+](C)C)C=C2)c2ccc(N(C)C)cc2)cc1S(=O)(=O)[O-]. The van der Waals surface area contributed by atoms with E-state index in [2.05, 4.69) is 0 Å². The van der Waals surface area contributed by atoms with Gasteiger partial charge in [0.2, 0.25) is 0 Å². The van der Waals surface area contributed by atoms with Crippen molar-refractivity contribution in [2.24, 2.45) is 0 Å². The van der Waals surface area contributed by atoms with Crippen molar-refractivity contribution in [2.75, 3.05) is 40.2 Å². The van der Waals surface area contributed by atoms with Crippen LogP contribution in [-0.4, -0.2) is 58.6 Å². The maximum atomic E-state index is 11.8. The Morgan fingerprint density at radius 3 is 2.00 bits per heavy atom. The molecule has 162 valence electrons. The summed E-state index contributed by atoms with van der Waals surface area (Å²) in [5.41, 5.74) is 5.34. The quantitative estimate of drug-likeness (QED) is 0.529. The van der Waals surface area contributed by atoms with E-state index in [0.717, 1.165) is 28.1 Å². The second-order valence-corrected chi connectivity index (χ2v) is 8.93. The molecular weight excluding hydrogens is 412 g/mol. The first-order valence-electron chi connectivity index (χ1n) is 9.68. The fraction of sp³-hybridized carbons (Fsp3) is 0.208. The summed E-state index contributed by atoms with van der Waals surface area (Å²) in [5, 5.41) is 0. The predicted molar refractivity (Wildman–Crippen MR) is 123 cm³/mol. The number of allylic oxidation sites excluding steroid dienone is 5. The molecule has 0 heterocycles. The van der Waals surface area contributed by atoms with Crippen molar-refractivity contribution in [3.63, 3.8) is 0 Å². The molecule has 0 saturated heterocycles. The van der Waals surface area contributed by atoms with E-state index in [4.69, 9.17) is 4.74 Å². The van der Waals surface area contributed by atoms with E-state index < -0.39 is 10.1 Å². The normalized spacial score (nSPS) is 13.4. The van der Waals surface area contributed by atoms with Crippen molar-refractivity contribution < 1.29 is 22.3 Å². The van der Waals surface area contributed by atoms with E-state index in [1.165, 1.54) is 19.2 Å². The molecule has 0 bridgehead atoms. The molecule has 0 amide bonds. The van der Waals surface area contributed by atoms with Gasteiger partial charge in [0, 0.05) is 31.9 Å². The van der Waals surface area contributed by atoms with Crippen LogP contribution in [0.1, 0.15) is 11.1 Å². The summed E-state index contributed by atoms with van der Waals surface area (Å²) in [5.74, 6) is 0.0315. The van der Waals surface area contributed by atoms with Crippen molar-refractivity contribution in [2.45, 2.75) is 4.90 Å². The highest BCUT2D eigenvalue weighted by Gasteiger charge is 2.17. The van der Waals surface area contributed by atoms with Crippen LogP contribution in [0.2, 0.25) is 0 Å². The molecule has 3 rings (SSSR count). The second kappa shape index (κ2) is 8.91. The first kappa shape index (κ1) is 22.5. The van der Waals surface area contributed by atoms with Crippen molar-refractivity contribution >= 4 is 27.1 Å². The minimum atomic E-state index is -4.70. The highest BCUT2D eigenvalue weighted by Crippen LogP contribution is 2.34. The Morgan fingerprint density at radius 1 is 0.935 bits per heavy atom. The molecule has 0 unspecified atom stereocenters. The molecule has 7 heteroatoms. The van der Waals surface area contributed by atoms with Crippen molar-refractivity contribution in [3.8, 4) is 5.75 Å². The van der Waals surface area contributed by atoms with Gasteiger partial charge in [-0.25, -0.2) is 13.0 Å². The molecule has 0 fully saturated rings. The zero-order valence-corrected chi connectivity index (χ0v) is 19.1. The molecule has 0 N–H and O–H groups in total. The molecular formula is C24H26N2O4S. The highest BCUT2D eigenvalue weighted by atomic mass is 32.2. The lowest BCUT2D eigenvalue weighted by Gasteiger charge is -2.18. The topological polar surface area (TPSA) is 72.7 Å². The minimum Gasteiger partial charge on any atom is -0.744 e. The number of hydrogen-bond donors (Lipinski definition) is 0. The number of hydrogen-bond acceptors (Lipinski definition) is 5. The average molecular weight is 439 g/mol. The molecule has 31 heavy (non-hydrogen) atoms. The van der Waals surface area contributed by atoms with Crippen LogP contribution in [0.5, 0.6) is 5.75 Å². The maximum absolute atomic E-state index is 11.8. The lowest BCUT2D eigenvalue weighted by Crippen LogP contribution is -2.10. The van der Waals surface area contributed by atoms with Crippen LogP contribution < -0.4 is 9.64 Å². The van der Waals surface area contributed by atoms with Crippen LogP contribution in [-0.2, 0) is 10.1 Å². The van der Waals surface area contributed by atoms with Crippen LogP contribution in [0, 0.1) is 0 Å². The fourth-order valence-electron chi connectivity index (χ4n) is 3.38. The van der Waals surface area contributed by atoms with Crippen LogP contribution in [0.4, 0.5) is 5.69 Å². The number of anilines is 1. The van der Waals surface area contributed by atoms with E-state index >= 15 is 0 Å². The van der Waals surface area contributed by atoms with Crippen LogP contribution in [0.25, 0.3) is 5.57 Å². The molecule has 1 aliphatic carbocycles. The van der Waals surface area contributed by atoms with Crippen molar-refractivity contribution in [1.82, 2.24) is 0 Å². The van der Waals surface area contributed by atoms with Crippen LogP contribution >= 0.6 is 0 Å². The average Bonchev–Trinajstić information content (AvgIpc) is 2.74. The van der Waals surface area contributed by atoms with Gasteiger partial charge in [-0.15, -0.1) is 0 Å². The fourth-order valence-corrected chi connectivity index (χ4v) is 4.05. The Kier molecular flexibility index (Phi) is 6.48. The molecule has 0 saturated carbocycles. The van der Waals surface area contributed by atoms with Crippen molar-refractivity contribution in [1.29, 1.82) is 0 Å². The predicted octanol–water partition coefficient (Wildman–Crippen LogP) is 3.31. The summed E-state index contributed by atoms with van der Waals surface area (Å²) in [6.45, 7) is 0. The number of rotatable bonds is 5. The summed E-state index contributed by atoms with van der Waals surface area (Å²) in [4.78, 5) is 1.63. The van der Waals surface area contributed by atoms with Gasteiger partial charge in [0.05, 0.1) is 12.0 Å². The molecule has 0 aliphatic heterocycles. The van der Waals surface area contributed by atoms with E-state index in [0.29, 0.717) is 5.56 Å². The third-order valence-corrected chi connectivity index (χ3v) is 5.92. The van der Waals surface area contributed by atoms with Crippen LogP contribution in [0.3, 0.4) is 0 Å². The van der Waals surface area contributed by atoms with Crippen molar-refractivity contribution in [3.05, 3.63) is 83.5 Å². The Morgan fingerprint density at radius 2 is 1.52 bits per heavy atom. The molecule has 6 nitrogen and oxygen atoms in total. The van der Waals surface area contributed by atoms with Gasteiger partial charge in [0.15, 0.2) is 5.71 Å². The van der Waals surface area contributed by atoms with E-state index in [1.54, 1.807) is 6.07 Å². The largest absolute Gasteiger partial charge is 0.744 e. The van der Waals surface area contributed by atoms with Crippen LogP contribution in [0.15, 0.2) is 77.2 Å². The second-order valence-electron chi connectivity index (χ2n) is 7.58. The first-order valence-corrected chi connectivity index (χ1v) is 11.1. The van der Waals surface area contributed by atoms with Gasteiger partial charge in [-0.05, 0) is 58.7 Å². The third-order valence-electron chi connectivity index (χ3n) is 5.07. The monoisotopic (exact) mass is 438 g/mol. The minimum absolute atomic E-state index is 0.0315. The summed E-state index contributed by atoms with van der Waals surface area (Å²) in [7, 11) is 4.50. The number of methoxy groups -OCH3 is 1. The van der Waals surface area contributed by atoms with E-state index in [9.17, 15) is 13.0 Å². The third kappa shape index (κ3) is 4.95. The molecule has 1 aliphatic rings. The van der Waals surface area contributed by atoms with Gasteiger partial charge >= 0.3 is 0 Å². The highest BCUT2D eigenvalue weighted by molar-refractivity contribution is 7.85. The number of nitrogens with zero attached hydrogens (tertiary/aromatic N) is 2. The Bertz CT molecular complexity index is 1200. The molecule has 2 aromatic rings. The summed E-state index contributed by atoms with van der Waals surface area (Å²) < 4.78 is 42.6. The molecule has 0 atom stereocenters. The van der Waals surface area contributed by atoms with Gasteiger partial charge in [0.25, 0.3) is 0 Å². The summed E-state index contributed by atoms with van der Waals surface area (Å²) >= 11 is 0. The summed E-state index contributed by atoms with van der Waals surface area (Å²) in [6.07, 6.45) is 7.97. The summed E-state index contributed by atoms with van der Waals surface area (Å²) in [6, 6.07) is 12.6. The van der Waals surface area contributed by atoms with Gasteiger partial charge in [0.1, 0.15) is 30.0 Å². The zero-order valence-electron chi connectivity index (χ0n) is 18.3. The maximum Gasteiger partial charge on any atom is 0.199 e. The Balaban J connectivity index is 2.26. The molecule has 0 aromatic heterocycles. The van der Waals surface area contributed by atoms with E-state index in [-0.39, 0.29) is 10.6 Å². The molecule has 0 radical (unpaired) electrons. The lowest BCUT2D eigenvalue weighted by atomic mass is 9.90. The number of ether oxygens (including phenoxy) is 1. The number of benzene rings is 2. The Hall–Kier alpha value is -3.16. The lowest BCUT2D eigenvalue weighted by molar-refractivity contribution is -0.462.